The number of para-hydroxylation sites is 2. The topological polar surface area (TPSA) is 35.1 Å². The Morgan fingerprint density at radius 2 is 2.25 bits per heavy atom. The Labute approximate surface area is 98.0 Å². The predicted molar refractivity (Wildman–Crippen MR) is 65.7 cm³/mol. The van der Waals surface area contributed by atoms with Crippen LogP contribution in [0.25, 0.3) is 17.3 Å². The number of hydrogen-bond donors (Lipinski definition) is 0. The largest absolute Gasteiger partial charge is 0.429 e. The van der Waals surface area contributed by atoms with Gasteiger partial charge >= 0.3 is 0 Å². The predicted octanol–water partition coefficient (Wildman–Crippen LogP) is 3.41. The minimum absolute atomic E-state index is 0.0622. The molecule has 0 saturated carbocycles. The summed E-state index contributed by atoms with van der Waals surface area (Å²) in [4.78, 5) is 11.5. The van der Waals surface area contributed by atoms with Gasteiger partial charge < -0.3 is 4.42 Å². The second-order valence-electron chi connectivity index (χ2n) is 3.34. The molecule has 4 heteroatoms. The van der Waals surface area contributed by atoms with E-state index >= 15 is 0 Å². The number of allylic oxidation sites excluding steroid dienone is 1. The monoisotopic (exact) mass is 233 g/mol. The van der Waals surface area contributed by atoms with Crippen molar-refractivity contribution in [3.8, 4) is 0 Å². The molecule has 0 bridgehead atoms. The summed E-state index contributed by atoms with van der Waals surface area (Å²) >= 11 is 5.07. The third-order valence-electron chi connectivity index (χ3n) is 2.28. The van der Waals surface area contributed by atoms with Gasteiger partial charge in [-0.25, -0.2) is 0 Å². The fraction of sp³-hybridized carbons (Fsp3) is 0.167. The number of carbonyl (C=O) groups is 1. The second-order valence-corrected chi connectivity index (χ2v) is 3.69. The zero-order valence-electron chi connectivity index (χ0n) is 8.84. The number of fused-ring (bicyclic) bond motifs is 1. The van der Waals surface area contributed by atoms with E-state index in [1.54, 1.807) is 10.8 Å². The molecule has 0 amide bonds. The molecule has 0 radical (unpaired) electrons. The number of aromatic nitrogens is 1. The highest BCUT2D eigenvalue weighted by atomic mass is 32.1. The zero-order valence-corrected chi connectivity index (χ0v) is 9.66. The highest BCUT2D eigenvalue weighted by Crippen LogP contribution is 2.17. The van der Waals surface area contributed by atoms with E-state index in [1.165, 1.54) is 6.08 Å². The first kappa shape index (κ1) is 10.8. The normalized spacial score (nSPS) is 11.3. The van der Waals surface area contributed by atoms with Crippen LogP contribution in [0.4, 0.5) is 0 Å². The summed E-state index contributed by atoms with van der Waals surface area (Å²) in [7, 11) is 0. The van der Waals surface area contributed by atoms with Gasteiger partial charge in [0, 0.05) is 12.6 Å². The number of rotatable bonds is 3. The van der Waals surface area contributed by atoms with Crippen LogP contribution in [0.1, 0.15) is 13.3 Å². The Morgan fingerprint density at radius 1 is 1.50 bits per heavy atom. The molecule has 0 fully saturated rings. The maximum Gasteiger partial charge on any atom is 0.273 e. The van der Waals surface area contributed by atoms with Gasteiger partial charge in [-0.3, -0.25) is 9.36 Å². The van der Waals surface area contributed by atoms with Crippen molar-refractivity contribution >= 4 is 35.3 Å². The molecule has 1 heterocycles. The van der Waals surface area contributed by atoms with Crippen LogP contribution in [-0.4, -0.2) is 10.4 Å². The quantitative estimate of drug-likeness (QED) is 0.602. The summed E-state index contributed by atoms with van der Waals surface area (Å²) in [5.74, 6) is 0.0622. The molecule has 16 heavy (non-hydrogen) atoms. The van der Waals surface area contributed by atoms with E-state index in [9.17, 15) is 4.79 Å². The van der Waals surface area contributed by atoms with Crippen LogP contribution in [0.5, 0.6) is 0 Å². The first-order valence-electron chi connectivity index (χ1n) is 5.03. The number of ketones is 1. The van der Waals surface area contributed by atoms with Crippen LogP contribution in [-0.2, 0) is 4.79 Å². The third kappa shape index (κ3) is 1.97. The van der Waals surface area contributed by atoms with Gasteiger partial charge in [0.2, 0.25) is 0 Å². The van der Waals surface area contributed by atoms with Crippen molar-refractivity contribution in [3.05, 3.63) is 35.2 Å². The minimum Gasteiger partial charge on any atom is -0.429 e. The molecule has 2 rings (SSSR count). The van der Waals surface area contributed by atoms with Crippen molar-refractivity contribution in [2.45, 2.75) is 13.3 Å². The molecule has 1 aromatic carbocycles. The summed E-state index contributed by atoms with van der Waals surface area (Å²) in [6.45, 7) is 1.82. The number of nitrogens with zero attached hydrogens (tertiary/aromatic N) is 1. The van der Waals surface area contributed by atoms with E-state index in [0.717, 1.165) is 11.1 Å². The van der Waals surface area contributed by atoms with E-state index in [0.29, 0.717) is 11.3 Å². The molecule has 0 aliphatic carbocycles. The molecule has 0 aliphatic rings. The Kier molecular flexibility index (Phi) is 3.01. The van der Waals surface area contributed by atoms with Crippen molar-refractivity contribution in [1.29, 1.82) is 0 Å². The molecule has 0 aliphatic heterocycles. The van der Waals surface area contributed by atoms with E-state index in [1.807, 2.05) is 31.2 Å². The summed E-state index contributed by atoms with van der Waals surface area (Å²) in [6.07, 6.45) is 3.65. The lowest BCUT2D eigenvalue weighted by atomic mass is 10.3. The molecule has 2 aromatic rings. The van der Waals surface area contributed by atoms with Crippen molar-refractivity contribution in [3.63, 3.8) is 0 Å². The van der Waals surface area contributed by atoms with Gasteiger partial charge in [0.05, 0.1) is 5.52 Å². The second kappa shape index (κ2) is 4.45. The van der Waals surface area contributed by atoms with Gasteiger partial charge in [-0.15, -0.1) is 0 Å². The number of oxazole rings is 1. The number of hydrogen-bond acceptors (Lipinski definition) is 3. The van der Waals surface area contributed by atoms with E-state index in [4.69, 9.17) is 16.6 Å². The molecule has 0 atom stereocenters. The first-order chi connectivity index (χ1) is 7.72. The molecule has 1 aromatic heterocycles. The smallest absolute Gasteiger partial charge is 0.273 e. The van der Waals surface area contributed by atoms with Crippen LogP contribution in [0.15, 0.2) is 34.8 Å². The molecule has 0 spiro atoms. The number of carbonyl (C=O) groups excluding carboxylic acids is 1. The lowest BCUT2D eigenvalue weighted by Gasteiger charge is -1.93. The molecule has 3 nitrogen and oxygen atoms in total. The van der Waals surface area contributed by atoms with Gasteiger partial charge in [-0.1, -0.05) is 19.1 Å². The average Bonchev–Trinajstić information content (AvgIpc) is 2.62. The van der Waals surface area contributed by atoms with E-state index < -0.39 is 0 Å². The summed E-state index contributed by atoms with van der Waals surface area (Å²) in [6, 6.07) is 7.52. The van der Waals surface area contributed by atoms with E-state index in [-0.39, 0.29) is 5.78 Å². The molecular weight excluding hydrogens is 222 g/mol. The van der Waals surface area contributed by atoms with Crippen LogP contribution >= 0.6 is 12.2 Å². The van der Waals surface area contributed by atoms with Crippen molar-refractivity contribution in [1.82, 2.24) is 4.57 Å². The fourth-order valence-corrected chi connectivity index (χ4v) is 1.65. The minimum atomic E-state index is 0.0622. The van der Waals surface area contributed by atoms with Gasteiger partial charge in [0.15, 0.2) is 11.4 Å². The SMILES string of the molecule is CCC(=O)/C=C\n1c(=S)oc2ccccc21. The summed E-state index contributed by atoms with van der Waals surface area (Å²) < 4.78 is 7.07. The van der Waals surface area contributed by atoms with Crippen molar-refractivity contribution in [2.75, 3.05) is 0 Å². The number of benzene rings is 1. The van der Waals surface area contributed by atoms with Crippen LogP contribution in [0.2, 0.25) is 0 Å². The maximum absolute atomic E-state index is 11.2. The van der Waals surface area contributed by atoms with Gasteiger partial charge in [-0.2, -0.15) is 0 Å². The van der Waals surface area contributed by atoms with Crippen LogP contribution in [0, 0.1) is 4.84 Å². The lowest BCUT2D eigenvalue weighted by molar-refractivity contribution is -0.114. The first-order valence-corrected chi connectivity index (χ1v) is 5.44. The average molecular weight is 233 g/mol. The molecule has 0 saturated heterocycles. The highest BCUT2D eigenvalue weighted by molar-refractivity contribution is 7.71. The lowest BCUT2D eigenvalue weighted by Crippen LogP contribution is -1.91. The fourth-order valence-electron chi connectivity index (χ4n) is 1.40. The summed E-state index contributed by atoms with van der Waals surface area (Å²) in [5, 5.41) is 0. The Morgan fingerprint density at radius 3 is 3.00 bits per heavy atom. The molecular formula is C12H11NO2S. The van der Waals surface area contributed by atoms with Gasteiger partial charge in [-0.05, 0) is 30.4 Å². The Balaban J connectivity index is 2.52. The van der Waals surface area contributed by atoms with Crippen LogP contribution < -0.4 is 0 Å². The van der Waals surface area contributed by atoms with Crippen LogP contribution in [0.3, 0.4) is 0 Å². The molecule has 0 N–H and O–H groups in total. The van der Waals surface area contributed by atoms with Gasteiger partial charge in [0.1, 0.15) is 0 Å². The van der Waals surface area contributed by atoms with E-state index in [2.05, 4.69) is 0 Å². The molecule has 0 unspecified atom stereocenters. The van der Waals surface area contributed by atoms with Crippen molar-refractivity contribution < 1.29 is 9.21 Å². The summed E-state index contributed by atoms with van der Waals surface area (Å²) in [5.41, 5.74) is 1.59. The maximum atomic E-state index is 11.2. The van der Waals surface area contributed by atoms with Crippen molar-refractivity contribution in [2.24, 2.45) is 0 Å². The highest BCUT2D eigenvalue weighted by Gasteiger charge is 2.02. The molecule has 82 valence electrons. The zero-order chi connectivity index (χ0) is 11.5. The third-order valence-corrected chi connectivity index (χ3v) is 2.56. The van der Waals surface area contributed by atoms with Gasteiger partial charge in [0.25, 0.3) is 4.84 Å². The standard InChI is InChI=1S/C12H11NO2S/c1-2-9(14)7-8-13-10-5-3-4-6-11(10)15-12(13)16/h3-8H,2H2,1H3/b8-7-. The Bertz CT molecular complexity index is 607. The Hall–Kier alpha value is -1.68.